The summed E-state index contributed by atoms with van der Waals surface area (Å²) in [6, 6.07) is 4.98. The molecule has 0 unspecified atom stereocenters. The van der Waals surface area contributed by atoms with E-state index in [0.29, 0.717) is 5.75 Å². The van der Waals surface area contributed by atoms with Gasteiger partial charge in [0.05, 0.1) is 5.56 Å². The third kappa shape index (κ3) is 2.60. The Labute approximate surface area is 133 Å². The molecule has 3 rings (SSSR count). The van der Waals surface area contributed by atoms with Crippen molar-refractivity contribution in [1.29, 1.82) is 0 Å². The largest absolute Gasteiger partial charge is 0.490 e. The Morgan fingerprint density at radius 2 is 1.71 bits per heavy atom. The van der Waals surface area contributed by atoms with Crippen LogP contribution in [0.5, 0.6) is 5.75 Å². The SMILES string of the molecule is O=C(N[C@@H]1COc2ccccc2C1=O)c1c(F)c(F)cc(F)c1F. The number of fused-ring (bicyclic) bond motifs is 1. The summed E-state index contributed by atoms with van der Waals surface area (Å²) in [5.41, 5.74) is -1.25. The number of carbonyl (C=O) groups is 2. The zero-order valence-electron chi connectivity index (χ0n) is 11.9. The highest BCUT2D eigenvalue weighted by molar-refractivity contribution is 6.06. The monoisotopic (exact) mass is 339 g/mol. The molecule has 0 saturated heterocycles. The van der Waals surface area contributed by atoms with Crippen molar-refractivity contribution in [3.63, 3.8) is 0 Å². The summed E-state index contributed by atoms with van der Waals surface area (Å²) in [6.45, 7) is -0.275. The molecule has 0 radical (unpaired) electrons. The molecular weight excluding hydrogens is 330 g/mol. The number of ether oxygens (including phenoxy) is 1. The predicted octanol–water partition coefficient (Wildman–Crippen LogP) is 2.62. The molecule has 0 spiro atoms. The van der Waals surface area contributed by atoms with Crippen LogP contribution >= 0.6 is 0 Å². The second-order valence-electron chi connectivity index (χ2n) is 5.04. The summed E-state index contributed by atoms with van der Waals surface area (Å²) in [4.78, 5) is 24.2. The summed E-state index contributed by atoms with van der Waals surface area (Å²) < 4.78 is 58.9. The van der Waals surface area contributed by atoms with Crippen LogP contribution in [-0.2, 0) is 0 Å². The van der Waals surface area contributed by atoms with Crippen LogP contribution in [0.2, 0.25) is 0 Å². The number of hydrogen-bond donors (Lipinski definition) is 1. The van der Waals surface area contributed by atoms with Crippen molar-refractivity contribution < 1.29 is 31.9 Å². The van der Waals surface area contributed by atoms with Crippen LogP contribution in [0, 0.1) is 23.3 Å². The van der Waals surface area contributed by atoms with Crippen molar-refractivity contribution in [1.82, 2.24) is 5.32 Å². The Morgan fingerprint density at radius 1 is 1.08 bits per heavy atom. The van der Waals surface area contributed by atoms with E-state index >= 15 is 0 Å². The number of nitrogens with one attached hydrogen (secondary N) is 1. The normalized spacial score (nSPS) is 16.3. The molecule has 2 aromatic carbocycles. The summed E-state index contributed by atoms with van der Waals surface area (Å²) in [7, 11) is 0. The van der Waals surface area contributed by atoms with Gasteiger partial charge in [-0.05, 0) is 12.1 Å². The highest BCUT2D eigenvalue weighted by Gasteiger charge is 2.32. The molecular formula is C16H9F4NO3. The number of benzene rings is 2. The predicted molar refractivity (Wildman–Crippen MR) is 73.8 cm³/mol. The van der Waals surface area contributed by atoms with Gasteiger partial charge in [0.25, 0.3) is 5.91 Å². The van der Waals surface area contributed by atoms with Gasteiger partial charge in [-0.3, -0.25) is 9.59 Å². The van der Waals surface area contributed by atoms with Gasteiger partial charge in [0, 0.05) is 6.07 Å². The molecule has 4 nitrogen and oxygen atoms in total. The van der Waals surface area contributed by atoms with Crippen LogP contribution in [0.25, 0.3) is 0 Å². The van der Waals surface area contributed by atoms with Crippen molar-refractivity contribution in [3.05, 3.63) is 64.7 Å². The Bertz CT molecular complexity index is 827. The van der Waals surface area contributed by atoms with Crippen molar-refractivity contribution in [2.45, 2.75) is 6.04 Å². The molecule has 0 fully saturated rings. The number of amides is 1. The fourth-order valence-electron chi connectivity index (χ4n) is 2.34. The molecule has 8 heteroatoms. The lowest BCUT2D eigenvalue weighted by molar-refractivity contribution is 0.0790. The van der Waals surface area contributed by atoms with Gasteiger partial charge in [-0.1, -0.05) is 12.1 Å². The van der Waals surface area contributed by atoms with E-state index < -0.39 is 46.6 Å². The van der Waals surface area contributed by atoms with Crippen LogP contribution in [0.15, 0.2) is 30.3 Å². The topological polar surface area (TPSA) is 55.4 Å². The van der Waals surface area contributed by atoms with Gasteiger partial charge in [-0.15, -0.1) is 0 Å². The standard InChI is InChI=1S/C16H9F4NO3/c17-8-5-9(18)14(20)12(13(8)19)16(23)21-10-6-24-11-4-2-1-3-7(11)15(10)22/h1-5,10H,6H2,(H,21,23)/t10-/m1/s1. The lowest BCUT2D eigenvalue weighted by Gasteiger charge is -2.24. The zero-order valence-corrected chi connectivity index (χ0v) is 11.9. The third-order valence-corrected chi connectivity index (χ3v) is 3.52. The average Bonchev–Trinajstić information content (AvgIpc) is 2.56. The van der Waals surface area contributed by atoms with Crippen LogP contribution in [0.1, 0.15) is 20.7 Å². The minimum atomic E-state index is -1.84. The first-order chi connectivity index (χ1) is 11.4. The van der Waals surface area contributed by atoms with Crippen molar-refractivity contribution in [3.8, 4) is 5.75 Å². The van der Waals surface area contributed by atoms with Crippen LogP contribution in [0.4, 0.5) is 17.6 Å². The van der Waals surface area contributed by atoms with Gasteiger partial charge in [0.15, 0.2) is 29.1 Å². The number of Topliss-reactive ketones (excluding diaryl/α,β-unsaturated/α-hetero) is 1. The Hall–Kier alpha value is -2.90. The molecule has 1 N–H and O–H groups in total. The summed E-state index contributed by atoms with van der Waals surface area (Å²) in [5.74, 6) is -8.78. The van der Waals surface area contributed by atoms with E-state index in [1.54, 1.807) is 18.2 Å². The van der Waals surface area contributed by atoms with Gasteiger partial charge in [-0.2, -0.15) is 0 Å². The van der Waals surface area contributed by atoms with Gasteiger partial charge >= 0.3 is 0 Å². The lowest BCUT2D eigenvalue weighted by Crippen LogP contribution is -2.47. The minimum Gasteiger partial charge on any atom is -0.490 e. The number of para-hydroxylation sites is 1. The maximum absolute atomic E-state index is 13.6. The van der Waals surface area contributed by atoms with Crippen LogP contribution < -0.4 is 10.1 Å². The molecule has 1 aliphatic heterocycles. The van der Waals surface area contributed by atoms with E-state index in [-0.39, 0.29) is 18.2 Å². The lowest BCUT2D eigenvalue weighted by atomic mass is 10.0. The number of halogens is 4. The molecule has 0 aromatic heterocycles. The maximum atomic E-state index is 13.6. The first-order valence-corrected chi connectivity index (χ1v) is 6.80. The number of ketones is 1. The molecule has 0 bridgehead atoms. The van der Waals surface area contributed by atoms with Gasteiger partial charge in [0.2, 0.25) is 0 Å². The first kappa shape index (κ1) is 16.0. The molecule has 0 saturated carbocycles. The van der Waals surface area contributed by atoms with E-state index in [1.165, 1.54) is 6.07 Å². The van der Waals surface area contributed by atoms with E-state index in [4.69, 9.17) is 4.74 Å². The number of rotatable bonds is 2. The highest BCUT2D eigenvalue weighted by atomic mass is 19.2. The fraction of sp³-hybridized carbons (Fsp3) is 0.125. The van der Waals surface area contributed by atoms with Crippen LogP contribution in [0.3, 0.4) is 0 Å². The molecule has 1 heterocycles. The molecule has 1 amide bonds. The van der Waals surface area contributed by atoms with Gasteiger partial charge in [-0.25, -0.2) is 17.6 Å². The number of hydrogen-bond acceptors (Lipinski definition) is 3. The maximum Gasteiger partial charge on any atom is 0.258 e. The first-order valence-electron chi connectivity index (χ1n) is 6.80. The Balaban J connectivity index is 1.88. The summed E-state index contributed by atoms with van der Waals surface area (Å²) in [6.07, 6.45) is 0. The molecule has 0 aliphatic carbocycles. The molecule has 24 heavy (non-hydrogen) atoms. The summed E-state index contributed by atoms with van der Waals surface area (Å²) >= 11 is 0. The second-order valence-corrected chi connectivity index (χ2v) is 5.04. The van der Waals surface area contributed by atoms with E-state index in [0.717, 1.165) is 0 Å². The third-order valence-electron chi connectivity index (χ3n) is 3.52. The smallest absolute Gasteiger partial charge is 0.258 e. The Kier molecular flexibility index (Phi) is 3.96. The highest BCUT2D eigenvalue weighted by Crippen LogP contribution is 2.25. The van der Waals surface area contributed by atoms with Gasteiger partial charge in [0.1, 0.15) is 24.0 Å². The second kappa shape index (κ2) is 5.95. The molecule has 2 aromatic rings. The van der Waals surface area contributed by atoms with E-state index in [2.05, 4.69) is 0 Å². The zero-order chi connectivity index (χ0) is 17.4. The quantitative estimate of drug-likeness (QED) is 0.676. The van der Waals surface area contributed by atoms with Crippen molar-refractivity contribution >= 4 is 11.7 Å². The van der Waals surface area contributed by atoms with Crippen molar-refractivity contribution in [2.24, 2.45) is 0 Å². The van der Waals surface area contributed by atoms with Crippen molar-refractivity contribution in [2.75, 3.05) is 6.61 Å². The van der Waals surface area contributed by atoms with E-state index in [1.807, 2.05) is 5.32 Å². The van der Waals surface area contributed by atoms with E-state index in [9.17, 15) is 27.2 Å². The molecule has 1 atom stereocenters. The van der Waals surface area contributed by atoms with Gasteiger partial charge < -0.3 is 10.1 Å². The fourth-order valence-corrected chi connectivity index (χ4v) is 2.34. The molecule has 1 aliphatic rings. The summed E-state index contributed by atoms with van der Waals surface area (Å²) in [5, 5.41) is 2.04. The average molecular weight is 339 g/mol. The van der Waals surface area contributed by atoms with Crippen LogP contribution in [-0.4, -0.2) is 24.3 Å². The molecule has 124 valence electrons. The number of carbonyl (C=O) groups excluding carboxylic acids is 2. The minimum absolute atomic E-state index is 0.00738. The Morgan fingerprint density at radius 3 is 2.38 bits per heavy atom.